The molecule has 0 heterocycles. The smallest absolute Gasteiger partial charge is 0.404 e. The van der Waals surface area contributed by atoms with E-state index in [9.17, 15) is 4.79 Å². The number of amides is 1. The summed E-state index contributed by atoms with van der Waals surface area (Å²) in [6.07, 6.45) is 3.97. The molecule has 1 aliphatic carbocycles. The van der Waals surface area contributed by atoms with Crippen LogP contribution in [0.4, 0.5) is 4.79 Å². The van der Waals surface area contributed by atoms with E-state index >= 15 is 0 Å². The molecular formula is C8H15NO2. The van der Waals surface area contributed by atoms with E-state index in [0.717, 1.165) is 19.3 Å². The second-order valence-electron chi connectivity index (χ2n) is 3.24. The van der Waals surface area contributed by atoms with E-state index in [4.69, 9.17) is 10.5 Å². The van der Waals surface area contributed by atoms with Crippen LogP contribution in [0.5, 0.6) is 0 Å². The van der Waals surface area contributed by atoms with E-state index in [1.165, 1.54) is 6.42 Å². The number of carbonyl (C=O) groups excluding carboxylic acids is 1. The van der Waals surface area contributed by atoms with Crippen molar-refractivity contribution in [2.75, 3.05) is 0 Å². The van der Waals surface area contributed by atoms with Gasteiger partial charge in [0.15, 0.2) is 0 Å². The Hall–Kier alpha value is -0.730. The first-order chi connectivity index (χ1) is 5.20. The Kier molecular flexibility index (Phi) is 2.74. The molecule has 0 aliphatic heterocycles. The molecule has 64 valence electrons. The summed E-state index contributed by atoms with van der Waals surface area (Å²) in [5, 5.41) is 0. The Balaban J connectivity index is 2.35. The van der Waals surface area contributed by atoms with Crippen LogP contribution in [-0.4, -0.2) is 12.2 Å². The maximum absolute atomic E-state index is 10.4. The standard InChI is InChI=1S/C8H15NO2/c1-6-4-2-3-5-7(6)11-8(9)10/h6-7H,2-5H2,1H3,(H2,9,10). The first-order valence-corrected chi connectivity index (χ1v) is 4.16. The van der Waals surface area contributed by atoms with Gasteiger partial charge in [0.25, 0.3) is 0 Å². The zero-order valence-electron chi connectivity index (χ0n) is 6.88. The molecule has 0 aromatic carbocycles. The number of carbonyl (C=O) groups is 1. The van der Waals surface area contributed by atoms with E-state index in [0.29, 0.717) is 5.92 Å². The summed E-state index contributed by atoms with van der Waals surface area (Å²) in [5.74, 6) is 0.483. The third-order valence-corrected chi connectivity index (χ3v) is 2.30. The summed E-state index contributed by atoms with van der Waals surface area (Å²) >= 11 is 0. The lowest BCUT2D eigenvalue weighted by atomic mass is 9.88. The highest BCUT2D eigenvalue weighted by Crippen LogP contribution is 2.25. The van der Waals surface area contributed by atoms with Crippen LogP contribution in [-0.2, 0) is 4.74 Å². The van der Waals surface area contributed by atoms with Gasteiger partial charge in [0.1, 0.15) is 6.10 Å². The number of ether oxygens (including phenoxy) is 1. The first-order valence-electron chi connectivity index (χ1n) is 4.16. The van der Waals surface area contributed by atoms with Gasteiger partial charge >= 0.3 is 6.09 Å². The molecule has 0 radical (unpaired) electrons. The fourth-order valence-corrected chi connectivity index (χ4v) is 1.61. The second-order valence-corrected chi connectivity index (χ2v) is 3.24. The Labute approximate surface area is 66.9 Å². The van der Waals surface area contributed by atoms with Crippen LogP contribution in [0, 0.1) is 5.92 Å². The van der Waals surface area contributed by atoms with Gasteiger partial charge in [0.2, 0.25) is 0 Å². The average molecular weight is 157 g/mol. The fourth-order valence-electron chi connectivity index (χ4n) is 1.61. The summed E-state index contributed by atoms with van der Waals surface area (Å²) in [4.78, 5) is 10.4. The van der Waals surface area contributed by atoms with Crippen molar-refractivity contribution >= 4 is 6.09 Å². The number of primary amides is 1. The molecule has 2 unspecified atom stereocenters. The molecule has 1 aliphatic rings. The topological polar surface area (TPSA) is 52.3 Å². The van der Waals surface area contributed by atoms with Gasteiger partial charge in [0.05, 0.1) is 0 Å². The lowest BCUT2D eigenvalue weighted by molar-refractivity contribution is 0.0495. The lowest BCUT2D eigenvalue weighted by Crippen LogP contribution is -2.30. The number of hydrogen-bond acceptors (Lipinski definition) is 2. The minimum absolute atomic E-state index is 0.0706. The van der Waals surface area contributed by atoms with Crippen molar-refractivity contribution in [3.05, 3.63) is 0 Å². The number of rotatable bonds is 1. The molecule has 0 spiro atoms. The Bertz CT molecular complexity index is 147. The Morgan fingerprint density at radius 1 is 1.45 bits per heavy atom. The van der Waals surface area contributed by atoms with E-state index in [-0.39, 0.29) is 6.10 Å². The van der Waals surface area contributed by atoms with E-state index in [2.05, 4.69) is 6.92 Å². The number of nitrogens with two attached hydrogens (primary N) is 1. The monoisotopic (exact) mass is 157 g/mol. The molecular weight excluding hydrogens is 142 g/mol. The molecule has 1 saturated carbocycles. The van der Waals surface area contributed by atoms with Gasteiger partial charge in [0, 0.05) is 0 Å². The van der Waals surface area contributed by atoms with Crippen LogP contribution >= 0.6 is 0 Å². The lowest BCUT2D eigenvalue weighted by Gasteiger charge is -2.27. The Morgan fingerprint density at radius 3 is 2.64 bits per heavy atom. The summed E-state index contributed by atoms with van der Waals surface area (Å²) in [7, 11) is 0. The third-order valence-electron chi connectivity index (χ3n) is 2.30. The van der Waals surface area contributed by atoms with Crippen molar-refractivity contribution in [3.63, 3.8) is 0 Å². The van der Waals surface area contributed by atoms with Gasteiger partial charge in [-0.2, -0.15) is 0 Å². The maximum Gasteiger partial charge on any atom is 0.404 e. The zero-order valence-corrected chi connectivity index (χ0v) is 6.88. The highest BCUT2D eigenvalue weighted by Gasteiger charge is 2.23. The molecule has 2 N–H and O–H groups in total. The van der Waals surface area contributed by atoms with Crippen molar-refractivity contribution in [1.82, 2.24) is 0 Å². The van der Waals surface area contributed by atoms with Gasteiger partial charge in [-0.3, -0.25) is 0 Å². The van der Waals surface area contributed by atoms with Crippen LogP contribution in [0.2, 0.25) is 0 Å². The zero-order chi connectivity index (χ0) is 8.27. The van der Waals surface area contributed by atoms with E-state index in [1.54, 1.807) is 0 Å². The normalized spacial score (nSPS) is 31.4. The molecule has 11 heavy (non-hydrogen) atoms. The van der Waals surface area contributed by atoms with Crippen molar-refractivity contribution < 1.29 is 9.53 Å². The quantitative estimate of drug-likeness (QED) is 0.629. The van der Waals surface area contributed by atoms with Crippen molar-refractivity contribution in [2.24, 2.45) is 11.7 Å². The van der Waals surface area contributed by atoms with E-state index in [1.807, 2.05) is 0 Å². The highest BCUT2D eigenvalue weighted by molar-refractivity contribution is 5.64. The molecule has 3 nitrogen and oxygen atoms in total. The predicted octanol–water partition coefficient (Wildman–Crippen LogP) is 1.66. The fraction of sp³-hybridized carbons (Fsp3) is 0.875. The minimum Gasteiger partial charge on any atom is -0.446 e. The first kappa shape index (κ1) is 8.37. The SMILES string of the molecule is CC1CCCCC1OC(N)=O. The molecule has 1 amide bonds. The highest BCUT2D eigenvalue weighted by atomic mass is 16.6. The van der Waals surface area contributed by atoms with Gasteiger partial charge in [-0.15, -0.1) is 0 Å². The van der Waals surface area contributed by atoms with Crippen molar-refractivity contribution in [1.29, 1.82) is 0 Å². The molecule has 3 heteroatoms. The minimum atomic E-state index is -0.635. The van der Waals surface area contributed by atoms with Crippen LogP contribution < -0.4 is 5.73 Å². The van der Waals surface area contributed by atoms with Crippen LogP contribution in [0.3, 0.4) is 0 Å². The van der Waals surface area contributed by atoms with Crippen LogP contribution in [0.1, 0.15) is 32.6 Å². The molecule has 0 aromatic rings. The molecule has 1 fully saturated rings. The Morgan fingerprint density at radius 2 is 2.09 bits per heavy atom. The molecule has 2 atom stereocenters. The van der Waals surface area contributed by atoms with Crippen molar-refractivity contribution in [3.8, 4) is 0 Å². The molecule has 0 aromatic heterocycles. The van der Waals surface area contributed by atoms with Crippen LogP contribution in [0.15, 0.2) is 0 Å². The predicted molar refractivity (Wildman–Crippen MR) is 42.1 cm³/mol. The van der Waals surface area contributed by atoms with Gasteiger partial charge in [-0.25, -0.2) is 4.79 Å². The third kappa shape index (κ3) is 2.41. The van der Waals surface area contributed by atoms with Gasteiger partial charge < -0.3 is 10.5 Å². The summed E-state index contributed by atoms with van der Waals surface area (Å²) < 4.78 is 4.94. The number of hydrogen-bond donors (Lipinski definition) is 1. The maximum atomic E-state index is 10.4. The van der Waals surface area contributed by atoms with E-state index < -0.39 is 6.09 Å². The van der Waals surface area contributed by atoms with Crippen molar-refractivity contribution in [2.45, 2.75) is 38.7 Å². The second kappa shape index (κ2) is 3.60. The summed E-state index contributed by atoms with van der Waals surface area (Å²) in [6.45, 7) is 2.10. The van der Waals surface area contributed by atoms with Crippen LogP contribution in [0.25, 0.3) is 0 Å². The van der Waals surface area contributed by atoms with Gasteiger partial charge in [-0.1, -0.05) is 13.3 Å². The molecule has 1 rings (SSSR count). The van der Waals surface area contributed by atoms with Gasteiger partial charge in [-0.05, 0) is 25.2 Å². The molecule has 0 saturated heterocycles. The summed E-state index contributed by atoms with van der Waals surface area (Å²) in [5.41, 5.74) is 4.92. The molecule has 0 bridgehead atoms. The largest absolute Gasteiger partial charge is 0.446 e. The summed E-state index contributed by atoms with van der Waals surface area (Å²) in [6, 6.07) is 0. The average Bonchev–Trinajstić information content (AvgIpc) is 1.93.